The van der Waals surface area contributed by atoms with Crippen molar-refractivity contribution in [3.05, 3.63) is 140 Å². The molecule has 0 unspecified atom stereocenters. The minimum atomic E-state index is 0.581. The summed E-state index contributed by atoms with van der Waals surface area (Å²) >= 11 is 1.84. The summed E-state index contributed by atoms with van der Waals surface area (Å²) in [5, 5.41) is 4.71. The van der Waals surface area contributed by atoms with Crippen LogP contribution in [0.1, 0.15) is 0 Å². The number of furan rings is 1. The second-order valence-corrected chi connectivity index (χ2v) is 11.9. The van der Waals surface area contributed by atoms with Crippen LogP contribution in [0.5, 0.6) is 0 Å². The number of nitrogens with zero attached hydrogens (tertiary/aromatic N) is 3. The van der Waals surface area contributed by atoms with Crippen molar-refractivity contribution in [1.29, 1.82) is 0 Å². The first kappa shape index (κ1) is 24.9. The molecule has 3 aromatic heterocycles. The minimum absolute atomic E-state index is 0.581. The quantitative estimate of drug-likeness (QED) is 0.207. The Morgan fingerprint density at radius 3 is 1.80 bits per heavy atom. The van der Waals surface area contributed by atoms with Crippen LogP contribution < -0.4 is 0 Å². The lowest BCUT2D eigenvalue weighted by Gasteiger charge is -2.08. The fraction of sp³-hybridized carbons (Fsp3) is 0. The van der Waals surface area contributed by atoms with E-state index in [4.69, 9.17) is 19.4 Å². The van der Waals surface area contributed by atoms with Gasteiger partial charge >= 0.3 is 0 Å². The first-order chi connectivity index (χ1) is 21.8. The van der Waals surface area contributed by atoms with Gasteiger partial charge in [-0.3, -0.25) is 0 Å². The zero-order chi connectivity index (χ0) is 29.0. The van der Waals surface area contributed by atoms with Gasteiger partial charge in [-0.15, -0.1) is 11.3 Å². The maximum atomic E-state index is 6.53. The Morgan fingerprint density at radius 2 is 1.02 bits per heavy atom. The van der Waals surface area contributed by atoms with E-state index in [9.17, 15) is 0 Å². The fourth-order valence-electron chi connectivity index (χ4n) is 5.99. The number of fused-ring (bicyclic) bond motifs is 6. The molecule has 0 saturated carbocycles. The lowest BCUT2D eigenvalue weighted by molar-refractivity contribution is 0.669. The molecule has 0 saturated heterocycles. The molecule has 5 heteroatoms. The number of benzene rings is 6. The van der Waals surface area contributed by atoms with E-state index in [2.05, 4.69) is 72.8 Å². The number of hydrogen-bond donors (Lipinski definition) is 0. The number of para-hydroxylation sites is 1. The van der Waals surface area contributed by atoms with E-state index in [0.29, 0.717) is 17.5 Å². The van der Waals surface area contributed by atoms with Gasteiger partial charge in [-0.25, -0.2) is 15.0 Å². The van der Waals surface area contributed by atoms with Gasteiger partial charge < -0.3 is 4.42 Å². The standard InChI is InChI=1S/C39H23N3OS/c1-3-10-24(11-4-1)37-40-38(25-12-5-2-6-13-25)42-39(41-37)31-16-9-15-30-32-22-26(19-21-33(32)43-36(30)31)27-18-20-29-28-14-7-8-17-34(28)44-35(29)23-27/h1-23H. The van der Waals surface area contributed by atoms with E-state index in [1.165, 1.54) is 25.7 Å². The molecule has 0 spiro atoms. The molecule has 0 N–H and O–H groups in total. The first-order valence-corrected chi connectivity index (χ1v) is 15.3. The van der Waals surface area contributed by atoms with Crippen LogP contribution in [-0.4, -0.2) is 15.0 Å². The van der Waals surface area contributed by atoms with Crippen LogP contribution in [-0.2, 0) is 0 Å². The summed E-state index contributed by atoms with van der Waals surface area (Å²) in [6.45, 7) is 0. The van der Waals surface area contributed by atoms with Gasteiger partial charge in [0, 0.05) is 42.1 Å². The Labute approximate surface area is 256 Å². The highest BCUT2D eigenvalue weighted by molar-refractivity contribution is 7.25. The summed E-state index contributed by atoms with van der Waals surface area (Å²) in [6.07, 6.45) is 0. The molecule has 3 heterocycles. The maximum absolute atomic E-state index is 6.53. The van der Waals surface area contributed by atoms with Crippen molar-refractivity contribution >= 4 is 53.4 Å². The molecule has 206 valence electrons. The summed E-state index contributed by atoms with van der Waals surface area (Å²) in [6, 6.07) is 48.1. The topological polar surface area (TPSA) is 51.8 Å². The molecular weight excluding hydrogens is 559 g/mol. The summed E-state index contributed by atoms with van der Waals surface area (Å²) < 4.78 is 9.14. The van der Waals surface area contributed by atoms with Gasteiger partial charge in [0.05, 0.1) is 5.56 Å². The van der Waals surface area contributed by atoms with Crippen LogP contribution in [0.3, 0.4) is 0 Å². The Hall–Kier alpha value is -5.65. The SMILES string of the molecule is c1ccc(-c2nc(-c3ccccc3)nc(-c3cccc4c3oc3ccc(-c5ccc6c(c5)sc5ccccc56)cc34)n2)cc1. The van der Waals surface area contributed by atoms with Gasteiger partial charge in [0.25, 0.3) is 0 Å². The molecule has 44 heavy (non-hydrogen) atoms. The van der Waals surface area contributed by atoms with Crippen molar-refractivity contribution in [2.45, 2.75) is 0 Å². The van der Waals surface area contributed by atoms with Gasteiger partial charge in [-0.1, -0.05) is 109 Å². The van der Waals surface area contributed by atoms with Crippen LogP contribution in [0, 0.1) is 0 Å². The van der Waals surface area contributed by atoms with Crippen LogP contribution in [0.2, 0.25) is 0 Å². The molecule has 9 aromatic rings. The molecule has 0 amide bonds. The highest BCUT2D eigenvalue weighted by Gasteiger charge is 2.18. The summed E-state index contributed by atoms with van der Waals surface area (Å²) in [4.78, 5) is 14.8. The van der Waals surface area contributed by atoms with Gasteiger partial charge in [0.15, 0.2) is 17.5 Å². The number of hydrogen-bond acceptors (Lipinski definition) is 5. The molecule has 9 rings (SSSR count). The van der Waals surface area contributed by atoms with Gasteiger partial charge in [-0.2, -0.15) is 0 Å². The van der Waals surface area contributed by atoms with Crippen molar-refractivity contribution in [3.8, 4) is 45.3 Å². The van der Waals surface area contributed by atoms with Crippen molar-refractivity contribution in [2.75, 3.05) is 0 Å². The van der Waals surface area contributed by atoms with Crippen LogP contribution >= 0.6 is 11.3 Å². The third-order valence-electron chi connectivity index (χ3n) is 8.15. The predicted octanol–water partition coefficient (Wildman–Crippen LogP) is 10.8. The van der Waals surface area contributed by atoms with Crippen molar-refractivity contribution in [2.24, 2.45) is 0 Å². The molecule has 4 nitrogen and oxygen atoms in total. The Morgan fingerprint density at radius 1 is 0.409 bits per heavy atom. The smallest absolute Gasteiger partial charge is 0.167 e. The second-order valence-electron chi connectivity index (χ2n) is 10.8. The number of rotatable bonds is 4. The minimum Gasteiger partial charge on any atom is -0.455 e. The zero-order valence-electron chi connectivity index (χ0n) is 23.4. The van der Waals surface area contributed by atoms with Crippen molar-refractivity contribution in [3.63, 3.8) is 0 Å². The second kappa shape index (κ2) is 9.97. The Balaban J connectivity index is 1.20. The number of thiophene rings is 1. The van der Waals surface area contributed by atoms with Crippen molar-refractivity contribution in [1.82, 2.24) is 15.0 Å². The molecule has 0 radical (unpaired) electrons. The highest BCUT2D eigenvalue weighted by atomic mass is 32.1. The monoisotopic (exact) mass is 581 g/mol. The summed E-state index contributed by atoms with van der Waals surface area (Å²) in [5.74, 6) is 1.83. The third kappa shape index (κ3) is 4.09. The lowest BCUT2D eigenvalue weighted by atomic mass is 10.0. The van der Waals surface area contributed by atoms with Crippen LogP contribution in [0.15, 0.2) is 144 Å². The average molecular weight is 582 g/mol. The van der Waals surface area contributed by atoms with E-state index < -0.39 is 0 Å². The maximum Gasteiger partial charge on any atom is 0.167 e. The average Bonchev–Trinajstić information content (AvgIpc) is 3.66. The Bertz CT molecular complexity index is 2440. The molecule has 0 aliphatic rings. The fourth-order valence-corrected chi connectivity index (χ4v) is 7.13. The van der Waals surface area contributed by atoms with Crippen molar-refractivity contribution < 1.29 is 4.42 Å². The van der Waals surface area contributed by atoms with E-state index in [1.807, 2.05) is 78.1 Å². The van der Waals surface area contributed by atoms with Crippen LogP contribution in [0.4, 0.5) is 0 Å². The van der Waals surface area contributed by atoms with Gasteiger partial charge in [-0.05, 0) is 41.5 Å². The molecular formula is C39H23N3OS. The highest BCUT2D eigenvalue weighted by Crippen LogP contribution is 2.40. The summed E-state index contributed by atoms with van der Waals surface area (Å²) in [7, 11) is 0. The largest absolute Gasteiger partial charge is 0.455 e. The van der Waals surface area contributed by atoms with Gasteiger partial charge in [0.1, 0.15) is 11.2 Å². The van der Waals surface area contributed by atoms with E-state index in [1.54, 1.807) is 0 Å². The lowest BCUT2D eigenvalue weighted by Crippen LogP contribution is -2.00. The molecule has 6 aromatic carbocycles. The zero-order valence-corrected chi connectivity index (χ0v) is 24.3. The normalized spacial score (nSPS) is 11.6. The Kier molecular flexibility index (Phi) is 5.64. The molecule has 0 atom stereocenters. The van der Waals surface area contributed by atoms with E-state index in [0.717, 1.165) is 44.2 Å². The molecule has 0 bridgehead atoms. The van der Waals surface area contributed by atoms with E-state index in [-0.39, 0.29) is 0 Å². The number of aromatic nitrogens is 3. The van der Waals surface area contributed by atoms with Crippen LogP contribution in [0.25, 0.3) is 87.4 Å². The predicted molar refractivity (Wildman–Crippen MR) is 182 cm³/mol. The third-order valence-corrected chi connectivity index (χ3v) is 9.28. The molecule has 0 fully saturated rings. The first-order valence-electron chi connectivity index (χ1n) is 14.5. The summed E-state index contributed by atoms with van der Waals surface area (Å²) in [5.41, 5.74) is 6.65. The molecule has 0 aliphatic heterocycles. The molecule has 0 aliphatic carbocycles. The van der Waals surface area contributed by atoms with E-state index >= 15 is 0 Å². The van der Waals surface area contributed by atoms with Gasteiger partial charge in [0.2, 0.25) is 0 Å².